The number of nitrogens with one attached hydrogen (secondary N) is 2. The first kappa shape index (κ1) is 15.4. The zero-order valence-corrected chi connectivity index (χ0v) is 13.7. The van der Waals surface area contributed by atoms with Crippen LogP contribution in [0.3, 0.4) is 0 Å². The Morgan fingerprint density at radius 3 is 3.00 bits per heavy atom. The van der Waals surface area contributed by atoms with Crippen molar-refractivity contribution in [2.24, 2.45) is 5.92 Å². The highest BCUT2D eigenvalue weighted by molar-refractivity contribution is 7.13. The number of aromatic amines is 1. The minimum absolute atomic E-state index is 0.0499. The number of thiophene rings is 1. The molecule has 2 N–H and O–H groups in total. The third-order valence-electron chi connectivity index (χ3n) is 3.57. The molecule has 120 valence electrons. The molecule has 0 bridgehead atoms. The number of carbonyl (C=O) groups is 1. The molecular weight excluding hydrogens is 312 g/mol. The maximum atomic E-state index is 12.4. The molecule has 0 unspecified atom stereocenters. The molecule has 0 radical (unpaired) electrons. The van der Waals surface area contributed by atoms with E-state index in [4.69, 9.17) is 0 Å². The number of carbonyl (C=O) groups excluding carboxylic acids is 1. The van der Waals surface area contributed by atoms with Crippen molar-refractivity contribution in [2.75, 3.05) is 0 Å². The SMILES string of the molecule is CC(C)[C@@H](Cn1cncn1)NC(=O)c1cc(-c2cccs2)[nH]n1. The zero-order chi connectivity index (χ0) is 16.2. The van der Waals surface area contributed by atoms with Crippen LogP contribution >= 0.6 is 11.3 Å². The lowest BCUT2D eigenvalue weighted by Gasteiger charge is -2.21. The lowest BCUT2D eigenvalue weighted by atomic mass is 10.0. The maximum Gasteiger partial charge on any atom is 0.272 e. The van der Waals surface area contributed by atoms with Gasteiger partial charge in [-0.15, -0.1) is 11.3 Å². The Morgan fingerprint density at radius 1 is 1.48 bits per heavy atom. The normalized spacial score (nSPS) is 12.5. The highest BCUT2D eigenvalue weighted by Gasteiger charge is 2.20. The first-order valence-electron chi connectivity index (χ1n) is 7.36. The van der Waals surface area contributed by atoms with Crippen LogP contribution in [0.2, 0.25) is 0 Å². The van der Waals surface area contributed by atoms with E-state index in [-0.39, 0.29) is 17.9 Å². The Hall–Kier alpha value is -2.48. The van der Waals surface area contributed by atoms with Gasteiger partial charge in [-0.05, 0) is 23.4 Å². The Bertz CT molecular complexity index is 747. The van der Waals surface area contributed by atoms with Crippen molar-refractivity contribution >= 4 is 17.2 Å². The zero-order valence-electron chi connectivity index (χ0n) is 12.9. The van der Waals surface area contributed by atoms with Crippen LogP contribution in [0, 0.1) is 5.92 Å². The van der Waals surface area contributed by atoms with E-state index in [9.17, 15) is 4.79 Å². The molecule has 3 aromatic heterocycles. The Balaban J connectivity index is 1.69. The van der Waals surface area contributed by atoms with Crippen molar-refractivity contribution < 1.29 is 4.79 Å². The molecule has 8 heteroatoms. The number of rotatable bonds is 6. The van der Waals surface area contributed by atoms with Crippen LogP contribution in [0.1, 0.15) is 24.3 Å². The van der Waals surface area contributed by atoms with Gasteiger partial charge < -0.3 is 5.32 Å². The quantitative estimate of drug-likeness (QED) is 0.725. The van der Waals surface area contributed by atoms with E-state index in [0.29, 0.717) is 12.2 Å². The van der Waals surface area contributed by atoms with Crippen molar-refractivity contribution in [3.8, 4) is 10.6 Å². The van der Waals surface area contributed by atoms with Crippen molar-refractivity contribution in [1.82, 2.24) is 30.3 Å². The summed E-state index contributed by atoms with van der Waals surface area (Å²) in [5, 5.41) is 16.1. The van der Waals surface area contributed by atoms with Gasteiger partial charge in [0.25, 0.3) is 5.91 Å². The summed E-state index contributed by atoms with van der Waals surface area (Å²) >= 11 is 1.60. The summed E-state index contributed by atoms with van der Waals surface area (Å²) in [4.78, 5) is 17.4. The molecule has 23 heavy (non-hydrogen) atoms. The fourth-order valence-corrected chi connectivity index (χ4v) is 2.88. The molecule has 0 aromatic carbocycles. The van der Waals surface area contributed by atoms with Gasteiger partial charge in [0, 0.05) is 0 Å². The lowest BCUT2D eigenvalue weighted by molar-refractivity contribution is 0.0914. The lowest BCUT2D eigenvalue weighted by Crippen LogP contribution is -2.41. The van der Waals surface area contributed by atoms with Crippen LogP contribution in [-0.2, 0) is 6.54 Å². The van der Waals surface area contributed by atoms with Gasteiger partial charge in [0.2, 0.25) is 0 Å². The third-order valence-corrected chi connectivity index (χ3v) is 4.47. The molecule has 0 aliphatic carbocycles. The molecule has 0 spiro atoms. The first-order chi connectivity index (χ1) is 11.1. The van der Waals surface area contributed by atoms with E-state index in [1.165, 1.54) is 6.33 Å². The van der Waals surface area contributed by atoms with E-state index in [0.717, 1.165) is 10.6 Å². The smallest absolute Gasteiger partial charge is 0.272 e. The molecule has 0 aliphatic rings. The number of nitrogens with zero attached hydrogens (tertiary/aromatic N) is 4. The van der Waals surface area contributed by atoms with Gasteiger partial charge in [0.15, 0.2) is 5.69 Å². The average Bonchev–Trinajstić information content (AvgIpc) is 3.27. The van der Waals surface area contributed by atoms with E-state index in [2.05, 4.69) is 39.4 Å². The Morgan fingerprint density at radius 2 is 2.35 bits per heavy atom. The summed E-state index contributed by atoms with van der Waals surface area (Å²) in [5.74, 6) is 0.0710. The number of aromatic nitrogens is 5. The Kier molecular flexibility index (Phi) is 4.52. The molecule has 0 fully saturated rings. The van der Waals surface area contributed by atoms with Gasteiger partial charge in [-0.2, -0.15) is 10.2 Å². The molecule has 0 aliphatic heterocycles. The molecule has 1 atom stereocenters. The number of H-pyrrole nitrogens is 1. The van der Waals surface area contributed by atoms with Gasteiger partial charge >= 0.3 is 0 Å². The third kappa shape index (κ3) is 3.65. The van der Waals surface area contributed by atoms with Crippen molar-refractivity contribution in [3.63, 3.8) is 0 Å². The van der Waals surface area contributed by atoms with Gasteiger partial charge in [0.1, 0.15) is 12.7 Å². The predicted molar refractivity (Wildman–Crippen MR) is 88.0 cm³/mol. The van der Waals surface area contributed by atoms with Gasteiger partial charge in [0.05, 0.1) is 23.2 Å². The second-order valence-corrected chi connectivity index (χ2v) is 6.53. The fourth-order valence-electron chi connectivity index (χ4n) is 2.19. The molecule has 3 heterocycles. The number of amides is 1. The molecule has 3 aromatic rings. The summed E-state index contributed by atoms with van der Waals surface area (Å²) in [7, 11) is 0. The van der Waals surface area contributed by atoms with Crippen molar-refractivity contribution in [2.45, 2.75) is 26.4 Å². The topological polar surface area (TPSA) is 88.5 Å². The van der Waals surface area contributed by atoms with Gasteiger partial charge in [-0.1, -0.05) is 19.9 Å². The van der Waals surface area contributed by atoms with Gasteiger partial charge in [-0.3, -0.25) is 14.6 Å². The van der Waals surface area contributed by atoms with E-state index >= 15 is 0 Å². The molecule has 0 saturated carbocycles. The predicted octanol–water partition coefficient (Wildman–Crippen LogP) is 2.18. The minimum Gasteiger partial charge on any atom is -0.346 e. The second kappa shape index (κ2) is 6.74. The van der Waals surface area contributed by atoms with Crippen LogP contribution in [0.4, 0.5) is 0 Å². The standard InChI is InChI=1S/C15H18N6OS/c1-10(2)13(7-21-9-16-8-17-21)18-15(22)12-6-11(19-20-12)14-4-3-5-23-14/h3-6,8-10,13H,7H2,1-2H3,(H,18,22)(H,19,20)/t13-/m1/s1. The molecule has 1 amide bonds. The summed E-state index contributed by atoms with van der Waals surface area (Å²) in [5.41, 5.74) is 1.24. The highest BCUT2D eigenvalue weighted by atomic mass is 32.1. The van der Waals surface area contributed by atoms with Crippen LogP contribution in [0.5, 0.6) is 0 Å². The monoisotopic (exact) mass is 330 g/mol. The largest absolute Gasteiger partial charge is 0.346 e. The summed E-state index contributed by atoms with van der Waals surface area (Å²) < 4.78 is 1.71. The average molecular weight is 330 g/mol. The van der Waals surface area contributed by atoms with Crippen LogP contribution in [0.15, 0.2) is 36.2 Å². The second-order valence-electron chi connectivity index (χ2n) is 5.59. The number of hydrogen-bond donors (Lipinski definition) is 2. The van der Waals surface area contributed by atoms with Crippen molar-refractivity contribution in [3.05, 3.63) is 41.9 Å². The van der Waals surface area contributed by atoms with Crippen LogP contribution < -0.4 is 5.32 Å². The van der Waals surface area contributed by atoms with E-state index in [1.807, 2.05) is 17.5 Å². The summed E-state index contributed by atoms with van der Waals surface area (Å²) in [6.45, 7) is 4.69. The molecular formula is C15H18N6OS. The number of hydrogen-bond acceptors (Lipinski definition) is 5. The van der Waals surface area contributed by atoms with E-state index in [1.54, 1.807) is 28.4 Å². The molecule has 7 nitrogen and oxygen atoms in total. The fraction of sp³-hybridized carbons (Fsp3) is 0.333. The first-order valence-corrected chi connectivity index (χ1v) is 8.24. The molecule has 3 rings (SSSR count). The summed E-state index contributed by atoms with van der Waals surface area (Å²) in [6, 6.07) is 5.68. The summed E-state index contributed by atoms with van der Waals surface area (Å²) in [6.07, 6.45) is 3.13. The van der Waals surface area contributed by atoms with Crippen LogP contribution in [-0.4, -0.2) is 36.9 Å². The van der Waals surface area contributed by atoms with E-state index < -0.39 is 0 Å². The van der Waals surface area contributed by atoms with Gasteiger partial charge in [-0.25, -0.2) is 4.98 Å². The molecule has 0 saturated heterocycles. The Labute approximate surface area is 137 Å². The maximum absolute atomic E-state index is 12.4. The van der Waals surface area contributed by atoms with Crippen LogP contribution in [0.25, 0.3) is 10.6 Å². The van der Waals surface area contributed by atoms with Crippen molar-refractivity contribution in [1.29, 1.82) is 0 Å². The highest BCUT2D eigenvalue weighted by Crippen LogP contribution is 2.22. The minimum atomic E-state index is -0.192.